The molecule has 0 fully saturated rings. The minimum atomic E-state index is 0.514. The van der Waals surface area contributed by atoms with Gasteiger partial charge in [-0.15, -0.1) is 6.42 Å². The average Bonchev–Trinajstić information content (AvgIpc) is 2.17. The van der Waals surface area contributed by atoms with E-state index in [1.54, 1.807) is 0 Å². The van der Waals surface area contributed by atoms with Crippen molar-refractivity contribution in [3.63, 3.8) is 0 Å². The molecule has 2 heteroatoms. The fraction of sp³-hybridized carbons (Fsp3) is 0. The number of terminal acetylenes is 1. The Hall–Kier alpha value is -0.900. The molecular formula is C10H6Cl2. The highest BCUT2D eigenvalue weighted by molar-refractivity contribution is 6.52. The van der Waals surface area contributed by atoms with Crippen molar-refractivity contribution in [1.29, 1.82) is 0 Å². The maximum absolute atomic E-state index is 5.76. The summed E-state index contributed by atoms with van der Waals surface area (Å²) in [5.74, 6) is 2.52. The van der Waals surface area contributed by atoms with E-state index in [2.05, 4.69) is 5.92 Å². The zero-order chi connectivity index (χ0) is 8.97. The zero-order valence-electron chi connectivity index (χ0n) is 6.22. The first kappa shape index (κ1) is 9.19. The summed E-state index contributed by atoms with van der Waals surface area (Å²) >= 11 is 11.2. The van der Waals surface area contributed by atoms with Gasteiger partial charge in [0.25, 0.3) is 0 Å². The molecular weight excluding hydrogens is 191 g/mol. The Morgan fingerprint density at radius 3 is 2.33 bits per heavy atom. The van der Waals surface area contributed by atoms with Crippen LogP contribution in [0, 0.1) is 12.3 Å². The molecule has 0 nitrogen and oxygen atoms in total. The summed E-state index contributed by atoms with van der Waals surface area (Å²) < 4.78 is 0. The van der Waals surface area contributed by atoms with Crippen LogP contribution in [-0.4, -0.2) is 0 Å². The molecule has 1 rings (SSSR count). The van der Waals surface area contributed by atoms with Crippen LogP contribution in [0.15, 0.2) is 29.8 Å². The van der Waals surface area contributed by atoms with Gasteiger partial charge in [-0.05, 0) is 17.7 Å². The van der Waals surface area contributed by atoms with E-state index in [9.17, 15) is 0 Å². The quantitative estimate of drug-likeness (QED) is 0.605. The van der Waals surface area contributed by atoms with Gasteiger partial charge in [0, 0.05) is 11.1 Å². The van der Waals surface area contributed by atoms with E-state index < -0.39 is 0 Å². The molecule has 0 heterocycles. The van der Waals surface area contributed by atoms with Crippen molar-refractivity contribution in [3.05, 3.63) is 40.9 Å². The first-order chi connectivity index (χ1) is 5.77. The molecule has 0 amide bonds. The second-order valence-electron chi connectivity index (χ2n) is 2.18. The highest BCUT2D eigenvalue weighted by atomic mass is 35.5. The van der Waals surface area contributed by atoms with Crippen LogP contribution in [0.1, 0.15) is 11.1 Å². The lowest BCUT2D eigenvalue weighted by molar-refractivity contribution is 1.61. The summed E-state index contributed by atoms with van der Waals surface area (Å²) in [7, 11) is 0. The lowest BCUT2D eigenvalue weighted by atomic mass is 10.1. The van der Waals surface area contributed by atoms with E-state index in [1.165, 1.54) is 5.54 Å². The molecule has 0 unspecified atom stereocenters. The molecule has 0 aliphatic heterocycles. The van der Waals surface area contributed by atoms with Crippen LogP contribution in [0.4, 0.5) is 0 Å². The van der Waals surface area contributed by atoms with Crippen LogP contribution in [0.2, 0.25) is 0 Å². The van der Waals surface area contributed by atoms with Gasteiger partial charge in [-0.25, -0.2) is 0 Å². The molecule has 0 saturated carbocycles. The third-order valence-electron chi connectivity index (χ3n) is 1.42. The molecule has 0 bridgehead atoms. The van der Waals surface area contributed by atoms with Gasteiger partial charge in [0.15, 0.2) is 0 Å². The second-order valence-corrected chi connectivity index (χ2v) is 2.80. The molecule has 0 aliphatic rings. The molecule has 0 aromatic heterocycles. The van der Waals surface area contributed by atoms with Crippen molar-refractivity contribution in [1.82, 2.24) is 0 Å². The molecule has 0 saturated heterocycles. The number of benzene rings is 1. The monoisotopic (exact) mass is 196 g/mol. The SMILES string of the molecule is C#Cc1ccc(/C(Cl)=C/Cl)cc1. The summed E-state index contributed by atoms with van der Waals surface area (Å²) in [5, 5.41) is 0.514. The van der Waals surface area contributed by atoms with Crippen LogP contribution in [0.5, 0.6) is 0 Å². The standard InChI is InChI=1S/C10H6Cl2/c1-2-8-3-5-9(6-4-8)10(12)7-11/h1,3-7H/b10-7-. The largest absolute Gasteiger partial charge is 0.115 e. The zero-order valence-corrected chi connectivity index (χ0v) is 7.73. The Morgan fingerprint density at radius 1 is 1.33 bits per heavy atom. The van der Waals surface area contributed by atoms with Gasteiger partial charge in [-0.2, -0.15) is 0 Å². The fourth-order valence-electron chi connectivity index (χ4n) is 0.789. The Kier molecular flexibility index (Phi) is 3.22. The van der Waals surface area contributed by atoms with Crippen molar-refractivity contribution in [2.75, 3.05) is 0 Å². The summed E-state index contributed by atoms with van der Waals surface area (Å²) in [5.41, 5.74) is 3.02. The van der Waals surface area contributed by atoms with Crippen molar-refractivity contribution in [2.45, 2.75) is 0 Å². The highest BCUT2D eigenvalue weighted by Crippen LogP contribution is 2.19. The topological polar surface area (TPSA) is 0 Å². The van der Waals surface area contributed by atoms with Crippen LogP contribution < -0.4 is 0 Å². The third-order valence-corrected chi connectivity index (χ3v) is 2.08. The molecule has 12 heavy (non-hydrogen) atoms. The molecule has 0 aliphatic carbocycles. The Bertz CT molecular complexity index is 328. The second kappa shape index (κ2) is 4.21. The van der Waals surface area contributed by atoms with Crippen molar-refractivity contribution >= 4 is 28.2 Å². The van der Waals surface area contributed by atoms with Crippen LogP contribution in [-0.2, 0) is 0 Å². The normalized spacial score (nSPS) is 10.9. The first-order valence-corrected chi connectivity index (χ1v) is 4.12. The van der Waals surface area contributed by atoms with E-state index >= 15 is 0 Å². The maximum atomic E-state index is 5.76. The highest BCUT2D eigenvalue weighted by Gasteiger charge is 1.95. The van der Waals surface area contributed by atoms with Gasteiger partial charge in [0.1, 0.15) is 0 Å². The molecule has 1 aromatic carbocycles. The van der Waals surface area contributed by atoms with Crippen molar-refractivity contribution < 1.29 is 0 Å². The Balaban J connectivity index is 3.02. The van der Waals surface area contributed by atoms with E-state index in [1.807, 2.05) is 24.3 Å². The van der Waals surface area contributed by atoms with Crippen LogP contribution >= 0.6 is 23.2 Å². The first-order valence-electron chi connectivity index (χ1n) is 3.31. The molecule has 1 aromatic rings. The third kappa shape index (κ3) is 2.04. The number of rotatable bonds is 1. The summed E-state index contributed by atoms with van der Waals surface area (Å²) in [6.45, 7) is 0. The number of hydrogen-bond donors (Lipinski definition) is 0. The predicted molar refractivity (Wildman–Crippen MR) is 54.1 cm³/mol. The number of halogens is 2. The van der Waals surface area contributed by atoms with E-state index in [4.69, 9.17) is 29.6 Å². The summed E-state index contributed by atoms with van der Waals surface area (Å²) in [4.78, 5) is 0. The van der Waals surface area contributed by atoms with Gasteiger partial charge in [0.2, 0.25) is 0 Å². The lowest BCUT2D eigenvalue weighted by Crippen LogP contribution is -1.77. The average molecular weight is 197 g/mol. The van der Waals surface area contributed by atoms with Crippen LogP contribution in [0.25, 0.3) is 5.03 Å². The fourth-order valence-corrected chi connectivity index (χ4v) is 1.04. The predicted octanol–water partition coefficient (Wildman–Crippen LogP) is 3.44. The molecule has 0 atom stereocenters. The molecule has 0 N–H and O–H groups in total. The number of hydrogen-bond acceptors (Lipinski definition) is 0. The van der Waals surface area contributed by atoms with Gasteiger partial charge in [-0.3, -0.25) is 0 Å². The van der Waals surface area contributed by atoms with Gasteiger partial charge >= 0.3 is 0 Å². The summed E-state index contributed by atoms with van der Waals surface area (Å²) in [6, 6.07) is 7.29. The summed E-state index contributed by atoms with van der Waals surface area (Å²) in [6.07, 6.45) is 5.18. The molecule has 0 radical (unpaired) electrons. The molecule has 0 spiro atoms. The van der Waals surface area contributed by atoms with E-state index in [0.29, 0.717) is 5.03 Å². The smallest absolute Gasteiger partial charge is 0.0591 e. The maximum Gasteiger partial charge on any atom is 0.0591 e. The molecule has 60 valence electrons. The van der Waals surface area contributed by atoms with Gasteiger partial charge in [-0.1, -0.05) is 41.3 Å². The van der Waals surface area contributed by atoms with Crippen molar-refractivity contribution in [3.8, 4) is 12.3 Å². The minimum absolute atomic E-state index is 0.514. The van der Waals surface area contributed by atoms with Gasteiger partial charge < -0.3 is 0 Å². The van der Waals surface area contributed by atoms with E-state index in [0.717, 1.165) is 11.1 Å². The van der Waals surface area contributed by atoms with Crippen LogP contribution in [0.3, 0.4) is 0 Å². The Labute approximate surface area is 81.8 Å². The van der Waals surface area contributed by atoms with Gasteiger partial charge in [0.05, 0.1) is 5.03 Å². The minimum Gasteiger partial charge on any atom is -0.115 e. The lowest BCUT2D eigenvalue weighted by Gasteiger charge is -1.96. The van der Waals surface area contributed by atoms with E-state index in [-0.39, 0.29) is 0 Å². The Morgan fingerprint density at radius 2 is 1.92 bits per heavy atom. The van der Waals surface area contributed by atoms with Crippen molar-refractivity contribution in [2.24, 2.45) is 0 Å².